The molecule has 0 aliphatic rings. The first-order chi connectivity index (χ1) is 12.1. The van der Waals surface area contributed by atoms with Gasteiger partial charge in [0.25, 0.3) is 5.56 Å². The molecule has 0 spiro atoms. The predicted octanol–water partition coefficient (Wildman–Crippen LogP) is -0.509. The van der Waals surface area contributed by atoms with Gasteiger partial charge in [-0.1, -0.05) is 0 Å². The fraction of sp³-hybridized carbons (Fsp3) is 0.250. The Kier molecular flexibility index (Phi) is 5.91. The van der Waals surface area contributed by atoms with Crippen molar-refractivity contribution in [2.24, 2.45) is 19.2 Å². The fourth-order valence-corrected chi connectivity index (χ4v) is 2.42. The molecule has 0 aliphatic heterocycles. The van der Waals surface area contributed by atoms with Crippen LogP contribution in [0.4, 0.5) is 0 Å². The number of hydrogen-bond acceptors (Lipinski definition) is 6. The van der Waals surface area contributed by atoms with Crippen molar-refractivity contribution in [3.63, 3.8) is 0 Å². The lowest BCUT2D eigenvalue weighted by Crippen LogP contribution is -2.37. The minimum Gasteiger partial charge on any atom is -0.465 e. The van der Waals surface area contributed by atoms with Crippen molar-refractivity contribution in [2.75, 3.05) is 6.54 Å². The minimum atomic E-state index is -0.395. The monoisotopic (exact) mass is 360 g/mol. The maximum absolute atomic E-state index is 12.3. The Bertz CT molecular complexity index is 1040. The van der Waals surface area contributed by atoms with Crippen LogP contribution < -0.4 is 16.7 Å². The van der Waals surface area contributed by atoms with Crippen LogP contribution in [0.2, 0.25) is 0 Å². The maximum Gasteiger partial charge on any atom is 0.332 e. The number of fused-ring (bicyclic) bond motifs is 1. The van der Waals surface area contributed by atoms with Gasteiger partial charge in [0.2, 0.25) is 0 Å². The number of nitrogens with one attached hydrogen (secondary N) is 1. The molecular weight excluding hydrogens is 340 g/mol. The number of furan rings is 1. The van der Waals surface area contributed by atoms with Gasteiger partial charge in [-0.15, -0.1) is 0 Å². The summed E-state index contributed by atoms with van der Waals surface area (Å²) in [6.45, 7) is 0.992. The second-order valence-corrected chi connectivity index (χ2v) is 5.38. The molecule has 10 nitrogen and oxygen atoms in total. The molecule has 0 aromatic carbocycles. The average molecular weight is 360 g/mol. The van der Waals surface area contributed by atoms with Crippen molar-refractivity contribution in [3.8, 4) is 0 Å². The first kappa shape index (κ1) is 18.9. The number of hydrazone groups is 1. The average Bonchev–Trinajstić information content (AvgIpc) is 3.27. The molecule has 0 unspecified atom stereocenters. The van der Waals surface area contributed by atoms with Crippen LogP contribution in [-0.2, 0) is 20.6 Å². The van der Waals surface area contributed by atoms with E-state index in [1.54, 1.807) is 42.6 Å². The van der Waals surface area contributed by atoms with E-state index in [-0.39, 0.29) is 11.0 Å². The van der Waals surface area contributed by atoms with E-state index in [2.05, 4.69) is 15.5 Å². The van der Waals surface area contributed by atoms with Crippen LogP contribution >= 0.6 is 0 Å². The van der Waals surface area contributed by atoms with Crippen LogP contribution in [0.1, 0.15) is 5.76 Å². The molecule has 3 aromatic heterocycles. The van der Waals surface area contributed by atoms with Crippen LogP contribution in [0, 0.1) is 0 Å². The molecule has 3 aromatic rings. The zero-order valence-corrected chi connectivity index (χ0v) is 14.4. The normalized spacial score (nSPS) is 11.5. The summed E-state index contributed by atoms with van der Waals surface area (Å²) in [5, 5.41) is 4.05. The molecule has 0 bridgehead atoms. The molecule has 26 heavy (non-hydrogen) atoms. The van der Waals surface area contributed by atoms with E-state index in [1.165, 1.54) is 11.6 Å². The smallest absolute Gasteiger partial charge is 0.332 e. The maximum atomic E-state index is 12.3. The van der Waals surface area contributed by atoms with Gasteiger partial charge in [-0.3, -0.25) is 13.9 Å². The van der Waals surface area contributed by atoms with Gasteiger partial charge in [0.05, 0.1) is 19.1 Å². The molecule has 0 amide bonds. The highest BCUT2D eigenvalue weighted by atomic mass is 16.3. The van der Waals surface area contributed by atoms with Crippen molar-refractivity contribution in [1.82, 2.24) is 24.1 Å². The number of allylic oxidation sites excluding steroid dienone is 1. The molecule has 3 N–H and O–H groups in total. The SMILES string of the molecule is Cn1c(=O)c2c(ncn2CCN/N=C/C=C\c2ccco2)n(C)c1=O.O. The zero-order valence-electron chi connectivity index (χ0n) is 14.4. The number of aromatic nitrogens is 4. The van der Waals surface area contributed by atoms with Crippen molar-refractivity contribution < 1.29 is 9.89 Å². The predicted molar refractivity (Wildman–Crippen MR) is 98.1 cm³/mol. The molecule has 0 saturated carbocycles. The molecule has 0 fully saturated rings. The van der Waals surface area contributed by atoms with Gasteiger partial charge in [0.1, 0.15) is 5.76 Å². The van der Waals surface area contributed by atoms with E-state index in [9.17, 15) is 9.59 Å². The third-order valence-electron chi connectivity index (χ3n) is 3.74. The van der Waals surface area contributed by atoms with Gasteiger partial charge in [0, 0.05) is 26.9 Å². The van der Waals surface area contributed by atoms with Crippen molar-refractivity contribution in [3.05, 3.63) is 57.4 Å². The third kappa shape index (κ3) is 3.64. The summed E-state index contributed by atoms with van der Waals surface area (Å²) in [6, 6.07) is 3.65. The minimum absolute atomic E-state index is 0. The number of nitrogens with zero attached hydrogens (tertiary/aromatic N) is 5. The number of rotatable bonds is 6. The lowest BCUT2D eigenvalue weighted by Gasteiger charge is -2.06. The summed E-state index contributed by atoms with van der Waals surface area (Å²) >= 11 is 0. The summed E-state index contributed by atoms with van der Waals surface area (Å²) < 4.78 is 9.30. The molecule has 10 heteroatoms. The Labute approximate surface area is 148 Å². The van der Waals surface area contributed by atoms with Gasteiger partial charge in [-0.05, 0) is 24.3 Å². The molecule has 0 radical (unpaired) electrons. The van der Waals surface area contributed by atoms with Crippen LogP contribution in [0.25, 0.3) is 17.2 Å². The Morgan fingerprint density at radius 1 is 1.31 bits per heavy atom. The van der Waals surface area contributed by atoms with E-state index < -0.39 is 5.69 Å². The lowest BCUT2D eigenvalue weighted by atomic mass is 10.4. The molecule has 138 valence electrons. The highest BCUT2D eigenvalue weighted by Gasteiger charge is 2.13. The largest absolute Gasteiger partial charge is 0.465 e. The Balaban J connectivity index is 0.00000243. The summed E-state index contributed by atoms with van der Waals surface area (Å²) in [4.78, 5) is 28.3. The van der Waals surface area contributed by atoms with E-state index in [0.29, 0.717) is 24.3 Å². The molecule has 0 saturated heterocycles. The van der Waals surface area contributed by atoms with Crippen molar-refractivity contribution in [2.45, 2.75) is 6.54 Å². The van der Waals surface area contributed by atoms with Crippen LogP contribution in [0.3, 0.4) is 0 Å². The van der Waals surface area contributed by atoms with Crippen LogP contribution in [-0.4, -0.2) is 36.9 Å². The molecule has 0 atom stereocenters. The quantitative estimate of drug-likeness (QED) is 0.359. The summed E-state index contributed by atoms with van der Waals surface area (Å²) in [7, 11) is 3.05. The highest BCUT2D eigenvalue weighted by molar-refractivity contribution is 5.77. The van der Waals surface area contributed by atoms with Gasteiger partial charge in [-0.25, -0.2) is 9.78 Å². The topological polar surface area (TPSA) is 131 Å². The van der Waals surface area contributed by atoms with Crippen molar-refractivity contribution in [1.29, 1.82) is 0 Å². The zero-order chi connectivity index (χ0) is 17.8. The summed E-state index contributed by atoms with van der Waals surface area (Å²) in [5.74, 6) is 0.748. The van der Waals surface area contributed by atoms with Crippen molar-refractivity contribution >= 4 is 23.5 Å². The standard InChI is InChI=1S/C16H18N6O3.H2O/c1-20-14-13(15(23)21(2)16(20)24)22(11-17-14)9-8-19-18-7-3-5-12-6-4-10-25-12;/h3-7,10-11,19H,8-9H2,1-2H3;1H2/b5-3-,18-7+;. The van der Waals surface area contributed by atoms with Crippen LogP contribution in [0.15, 0.2) is 49.9 Å². The number of imidazole rings is 1. The fourth-order valence-electron chi connectivity index (χ4n) is 2.42. The second-order valence-electron chi connectivity index (χ2n) is 5.38. The van der Waals surface area contributed by atoms with Gasteiger partial charge < -0.3 is 19.9 Å². The number of aryl methyl sites for hydroxylation is 1. The van der Waals surface area contributed by atoms with Gasteiger partial charge in [0.15, 0.2) is 11.2 Å². The first-order valence-corrected chi connectivity index (χ1v) is 7.66. The summed E-state index contributed by atoms with van der Waals surface area (Å²) in [6.07, 6.45) is 8.30. The first-order valence-electron chi connectivity index (χ1n) is 7.66. The molecular formula is C16H20N6O4. The second kappa shape index (κ2) is 8.12. The molecule has 3 rings (SSSR count). The van der Waals surface area contributed by atoms with E-state index >= 15 is 0 Å². The van der Waals surface area contributed by atoms with E-state index in [4.69, 9.17) is 4.42 Å². The van der Waals surface area contributed by atoms with Gasteiger partial charge >= 0.3 is 5.69 Å². The highest BCUT2D eigenvalue weighted by Crippen LogP contribution is 2.04. The Hall–Kier alpha value is -3.40. The molecule has 0 aliphatic carbocycles. The Morgan fingerprint density at radius 3 is 2.85 bits per heavy atom. The van der Waals surface area contributed by atoms with Gasteiger partial charge in [-0.2, -0.15) is 5.10 Å². The van der Waals surface area contributed by atoms with E-state index in [1.807, 2.05) is 12.1 Å². The lowest BCUT2D eigenvalue weighted by molar-refractivity contribution is 0.557. The Morgan fingerprint density at radius 2 is 2.12 bits per heavy atom. The number of hydrogen-bond donors (Lipinski definition) is 1. The van der Waals surface area contributed by atoms with E-state index in [0.717, 1.165) is 10.3 Å². The molecule has 3 heterocycles. The summed E-state index contributed by atoms with van der Waals surface area (Å²) in [5.41, 5.74) is 2.90. The van der Waals surface area contributed by atoms with Crippen LogP contribution in [0.5, 0.6) is 0 Å². The third-order valence-corrected chi connectivity index (χ3v) is 3.74.